The fraction of sp³-hybridized carbons (Fsp3) is 0.619. The van der Waals surface area contributed by atoms with Gasteiger partial charge in [0.25, 0.3) is 0 Å². The number of anilines is 1. The van der Waals surface area contributed by atoms with Crippen LogP contribution in [0.4, 0.5) is 10.5 Å². The first-order valence-electron chi connectivity index (χ1n) is 10.4. The zero-order valence-corrected chi connectivity index (χ0v) is 18.3. The molecule has 2 aliphatic rings. The molecule has 8 heteroatoms. The predicted octanol–water partition coefficient (Wildman–Crippen LogP) is 2.62. The molecule has 1 aromatic rings. The number of nitrogens with zero attached hydrogens (tertiary/aromatic N) is 1. The molecular weight excluding hydrogens is 390 g/mol. The number of urea groups is 1. The third-order valence-corrected chi connectivity index (χ3v) is 7.33. The summed E-state index contributed by atoms with van der Waals surface area (Å²) in [5, 5.41) is 2.85. The van der Waals surface area contributed by atoms with Gasteiger partial charge in [0.05, 0.1) is 5.75 Å². The van der Waals surface area contributed by atoms with Gasteiger partial charge in [-0.25, -0.2) is 17.9 Å². The van der Waals surface area contributed by atoms with Gasteiger partial charge in [-0.2, -0.15) is 0 Å². The van der Waals surface area contributed by atoms with Gasteiger partial charge in [-0.05, 0) is 73.6 Å². The lowest BCUT2D eigenvalue weighted by molar-refractivity contribution is -0.129. The summed E-state index contributed by atoms with van der Waals surface area (Å²) in [6.45, 7) is 5.95. The zero-order chi connectivity index (χ0) is 21.2. The third-order valence-electron chi connectivity index (χ3n) is 5.82. The quantitative estimate of drug-likeness (QED) is 0.707. The number of sulfonamides is 1. The summed E-state index contributed by atoms with van der Waals surface area (Å²) in [7, 11) is -3.81. The van der Waals surface area contributed by atoms with Crippen LogP contribution < -0.4 is 10.0 Å². The van der Waals surface area contributed by atoms with Crippen LogP contribution in [0.15, 0.2) is 6.07 Å². The standard InChI is InChI=1S/C21H31N3O4S/c1-4-24(15(3)25)12-14(2)13-29(27,28)23-21(26)22-20-18-9-5-7-16(18)11-17-8-6-10-19(17)20/h11,14H,4-10,12-13H2,1-3H3,(H2,22,23,26). The molecule has 0 fully saturated rings. The lowest BCUT2D eigenvalue weighted by atomic mass is 9.99. The molecule has 7 nitrogen and oxygen atoms in total. The molecule has 2 aliphatic carbocycles. The SMILES string of the molecule is CCN(CC(C)CS(=O)(=O)NC(=O)Nc1c2c(cc3c1CCC3)CCC2)C(C)=O. The molecule has 1 atom stereocenters. The highest BCUT2D eigenvalue weighted by molar-refractivity contribution is 7.90. The monoisotopic (exact) mass is 421 g/mol. The maximum Gasteiger partial charge on any atom is 0.332 e. The Morgan fingerprint density at radius 2 is 1.69 bits per heavy atom. The third kappa shape index (κ3) is 5.10. The van der Waals surface area contributed by atoms with E-state index in [-0.39, 0.29) is 17.6 Å². The van der Waals surface area contributed by atoms with E-state index in [1.807, 2.05) is 6.92 Å². The van der Waals surface area contributed by atoms with Gasteiger partial charge in [0, 0.05) is 25.7 Å². The van der Waals surface area contributed by atoms with Gasteiger partial charge in [0.1, 0.15) is 0 Å². The Morgan fingerprint density at radius 3 is 2.21 bits per heavy atom. The fourth-order valence-electron chi connectivity index (χ4n) is 4.57. The van der Waals surface area contributed by atoms with E-state index in [4.69, 9.17) is 0 Å². The molecule has 3 rings (SSSR count). The van der Waals surface area contributed by atoms with Crippen molar-refractivity contribution in [2.75, 3.05) is 24.2 Å². The van der Waals surface area contributed by atoms with Gasteiger partial charge in [0.15, 0.2) is 0 Å². The minimum Gasteiger partial charge on any atom is -0.343 e. The molecule has 1 unspecified atom stereocenters. The molecule has 0 bridgehead atoms. The van der Waals surface area contributed by atoms with Crippen molar-refractivity contribution in [3.8, 4) is 0 Å². The van der Waals surface area contributed by atoms with Gasteiger partial charge in [-0.1, -0.05) is 13.0 Å². The highest BCUT2D eigenvalue weighted by Crippen LogP contribution is 2.38. The largest absolute Gasteiger partial charge is 0.343 e. The van der Waals surface area contributed by atoms with E-state index in [2.05, 4.69) is 16.1 Å². The Balaban J connectivity index is 1.66. The second-order valence-corrected chi connectivity index (χ2v) is 10.0. The summed E-state index contributed by atoms with van der Waals surface area (Å²) in [5.74, 6) is -0.585. The Kier molecular flexibility index (Phi) is 6.51. The van der Waals surface area contributed by atoms with E-state index in [0.29, 0.717) is 13.1 Å². The number of benzene rings is 1. The van der Waals surface area contributed by atoms with E-state index in [0.717, 1.165) is 55.3 Å². The number of hydrogen-bond acceptors (Lipinski definition) is 4. The van der Waals surface area contributed by atoms with Gasteiger partial charge in [0.2, 0.25) is 15.9 Å². The molecule has 0 aliphatic heterocycles. The number of nitrogens with one attached hydrogen (secondary N) is 2. The summed E-state index contributed by atoms with van der Waals surface area (Å²) in [6.07, 6.45) is 5.99. The van der Waals surface area contributed by atoms with Crippen LogP contribution in [-0.2, 0) is 40.5 Å². The van der Waals surface area contributed by atoms with Gasteiger partial charge >= 0.3 is 6.03 Å². The molecule has 29 heavy (non-hydrogen) atoms. The van der Waals surface area contributed by atoms with Crippen LogP contribution in [0.2, 0.25) is 0 Å². The van der Waals surface area contributed by atoms with Crippen molar-refractivity contribution in [3.63, 3.8) is 0 Å². The average molecular weight is 422 g/mol. The van der Waals surface area contributed by atoms with Crippen molar-refractivity contribution in [1.29, 1.82) is 0 Å². The molecule has 2 N–H and O–H groups in total. The van der Waals surface area contributed by atoms with E-state index in [9.17, 15) is 18.0 Å². The van der Waals surface area contributed by atoms with E-state index in [1.165, 1.54) is 18.1 Å². The van der Waals surface area contributed by atoms with Gasteiger partial charge in [-0.15, -0.1) is 0 Å². The number of hydrogen-bond donors (Lipinski definition) is 2. The van der Waals surface area contributed by atoms with Crippen LogP contribution in [-0.4, -0.2) is 44.1 Å². The van der Waals surface area contributed by atoms with Crippen LogP contribution in [0.3, 0.4) is 0 Å². The first-order valence-corrected chi connectivity index (χ1v) is 12.1. The Labute approximate surface area is 173 Å². The highest BCUT2D eigenvalue weighted by atomic mass is 32.2. The lowest BCUT2D eigenvalue weighted by Crippen LogP contribution is -2.40. The van der Waals surface area contributed by atoms with E-state index < -0.39 is 16.1 Å². The number of carbonyl (C=O) groups is 2. The van der Waals surface area contributed by atoms with E-state index >= 15 is 0 Å². The molecule has 0 spiro atoms. The van der Waals surface area contributed by atoms with Crippen molar-refractivity contribution in [2.45, 2.75) is 59.3 Å². The van der Waals surface area contributed by atoms with Gasteiger partial charge in [-0.3, -0.25) is 4.79 Å². The first-order chi connectivity index (χ1) is 13.7. The second kappa shape index (κ2) is 8.73. The van der Waals surface area contributed by atoms with Crippen molar-refractivity contribution < 1.29 is 18.0 Å². The summed E-state index contributed by atoms with van der Waals surface area (Å²) in [6, 6.07) is 1.56. The molecular formula is C21H31N3O4S. The maximum absolute atomic E-state index is 12.5. The smallest absolute Gasteiger partial charge is 0.332 e. The average Bonchev–Trinajstić information content (AvgIpc) is 3.27. The minimum absolute atomic E-state index is 0.0887. The summed E-state index contributed by atoms with van der Waals surface area (Å²) in [5.41, 5.74) is 5.70. The number of rotatable bonds is 7. The van der Waals surface area contributed by atoms with Crippen molar-refractivity contribution in [2.24, 2.45) is 5.92 Å². The Hall–Kier alpha value is -2.09. The molecule has 0 radical (unpaired) electrons. The van der Waals surface area contributed by atoms with Gasteiger partial charge < -0.3 is 10.2 Å². The topological polar surface area (TPSA) is 95.6 Å². The highest BCUT2D eigenvalue weighted by Gasteiger charge is 2.26. The fourth-order valence-corrected chi connectivity index (χ4v) is 5.84. The zero-order valence-electron chi connectivity index (χ0n) is 17.5. The van der Waals surface area contributed by atoms with Crippen LogP contribution in [0.1, 0.15) is 55.9 Å². The summed E-state index contributed by atoms with van der Waals surface area (Å²) < 4.78 is 27.1. The maximum atomic E-state index is 12.5. The molecule has 0 heterocycles. The normalized spacial score (nSPS) is 16.1. The first kappa shape index (κ1) is 21.6. The van der Waals surface area contributed by atoms with Crippen LogP contribution in [0.5, 0.6) is 0 Å². The molecule has 0 saturated carbocycles. The van der Waals surface area contributed by atoms with Crippen molar-refractivity contribution in [1.82, 2.24) is 9.62 Å². The Bertz CT molecular complexity index is 879. The summed E-state index contributed by atoms with van der Waals surface area (Å²) >= 11 is 0. The lowest BCUT2D eigenvalue weighted by Gasteiger charge is -2.23. The Morgan fingerprint density at radius 1 is 1.10 bits per heavy atom. The number of amides is 3. The number of aryl methyl sites for hydroxylation is 2. The van der Waals surface area contributed by atoms with Crippen LogP contribution in [0, 0.1) is 5.92 Å². The molecule has 1 aromatic carbocycles. The molecule has 0 aromatic heterocycles. The summed E-state index contributed by atoms with van der Waals surface area (Å²) in [4.78, 5) is 25.7. The number of carbonyl (C=O) groups excluding carboxylic acids is 2. The molecule has 160 valence electrons. The van der Waals surface area contributed by atoms with Crippen LogP contribution >= 0.6 is 0 Å². The molecule has 3 amide bonds. The number of fused-ring (bicyclic) bond motifs is 2. The van der Waals surface area contributed by atoms with Crippen molar-refractivity contribution in [3.05, 3.63) is 28.3 Å². The molecule has 0 saturated heterocycles. The second-order valence-electron chi connectivity index (χ2n) is 8.23. The minimum atomic E-state index is -3.81. The van der Waals surface area contributed by atoms with Crippen LogP contribution in [0.25, 0.3) is 0 Å². The van der Waals surface area contributed by atoms with E-state index in [1.54, 1.807) is 11.8 Å². The predicted molar refractivity (Wildman–Crippen MR) is 114 cm³/mol. The van der Waals surface area contributed by atoms with Crippen molar-refractivity contribution >= 4 is 27.6 Å².